The lowest BCUT2D eigenvalue weighted by atomic mass is 10.1. The lowest BCUT2D eigenvalue weighted by molar-refractivity contribution is -0.148. The Hall–Kier alpha value is -1.75. The average Bonchev–Trinajstić information content (AvgIpc) is 2.47. The number of rotatable bonds is 1. The van der Waals surface area contributed by atoms with E-state index in [-0.39, 0.29) is 12.0 Å². The number of carbonyl (C=O) groups is 1. The van der Waals surface area contributed by atoms with Gasteiger partial charge in [-0.25, -0.2) is 0 Å². The quantitative estimate of drug-likeness (QED) is 0.760. The number of ether oxygens (including phenoxy) is 3. The Morgan fingerprint density at radius 2 is 1.79 bits per heavy atom. The van der Waals surface area contributed by atoms with Crippen molar-refractivity contribution in [3.63, 3.8) is 0 Å². The van der Waals surface area contributed by atoms with E-state index in [4.69, 9.17) is 14.2 Å². The van der Waals surface area contributed by atoms with Crippen LogP contribution in [0.25, 0.3) is 0 Å². The van der Waals surface area contributed by atoms with Gasteiger partial charge in [0, 0.05) is 13.1 Å². The molecule has 102 valence electrons. The minimum absolute atomic E-state index is 0.0229. The van der Waals surface area contributed by atoms with Crippen LogP contribution >= 0.6 is 0 Å². The van der Waals surface area contributed by atoms with Crippen molar-refractivity contribution in [1.82, 2.24) is 4.90 Å². The summed E-state index contributed by atoms with van der Waals surface area (Å²) in [6.07, 6.45) is -0.863. The number of amides is 1. The monoisotopic (exact) mass is 263 g/mol. The maximum atomic E-state index is 12.4. The van der Waals surface area contributed by atoms with Gasteiger partial charge < -0.3 is 19.1 Å². The molecule has 2 atom stereocenters. The first kappa shape index (κ1) is 12.3. The van der Waals surface area contributed by atoms with Gasteiger partial charge in [0.15, 0.2) is 11.5 Å². The van der Waals surface area contributed by atoms with E-state index in [9.17, 15) is 4.79 Å². The van der Waals surface area contributed by atoms with E-state index in [1.165, 1.54) is 0 Å². The van der Waals surface area contributed by atoms with Crippen LogP contribution in [0.5, 0.6) is 11.5 Å². The minimum Gasteiger partial charge on any atom is -0.482 e. The summed E-state index contributed by atoms with van der Waals surface area (Å²) in [7, 11) is 0. The number of nitrogens with zero attached hydrogens (tertiary/aromatic N) is 1. The maximum Gasteiger partial charge on any atom is 0.267 e. The van der Waals surface area contributed by atoms with Crippen LogP contribution in [0.15, 0.2) is 24.3 Å². The standard InChI is InChI=1S/C14H17NO4/c1-10-13(14(16)15-6-8-17-9-7-15)19-12-5-3-2-4-11(12)18-10/h2-5,10,13H,6-9H2,1H3/t10-,13+/m0/s1. The van der Waals surface area contributed by atoms with Crippen LogP contribution in [0.3, 0.4) is 0 Å². The Morgan fingerprint density at radius 3 is 2.47 bits per heavy atom. The normalized spacial score (nSPS) is 26.1. The summed E-state index contributed by atoms with van der Waals surface area (Å²) in [6, 6.07) is 7.43. The predicted octanol–water partition coefficient (Wildman–Crippen LogP) is 1.07. The van der Waals surface area contributed by atoms with Gasteiger partial charge >= 0.3 is 0 Å². The van der Waals surface area contributed by atoms with Crippen LogP contribution < -0.4 is 9.47 Å². The van der Waals surface area contributed by atoms with Crippen molar-refractivity contribution in [3.8, 4) is 11.5 Å². The summed E-state index contributed by atoms with van der Waals surface area (Å²) in [6.45, 7) is 4.27. The lowest BCUT2D eigenvalue weighted by Gasteiger charge is -2.35. The first-order chi connectivity index (χ1) is 9.25. The Kier molecular flexibility index (Phi) is 3.29. The van der Waals surface area contributed by atoms with Gasteiger partial charge in [-0.15, -0.1) is 0 Å². The molecule has 0 spiro atoms. The smallest absolute Gasteiger partial charge is 0.267 e. The van der Waals surface area contributed by atoms with Crippen molar-refractivity contribution in [1.29, 1.82) is 0 Å². The molecule has 3 rings (SSSR count). The average molecular weight is 263 g/mol. The van der Waals surface area contributed by atoms with Crippen molar-refractivity contribution in [2.75, 3.05) is 26.3 Å². The second kappa shape index (κ2) is 5.09. The Labute approximate surface area is 112 Å². The molecule has 0 bridgehead atoms. The van der Waals surface area contributed by atoms with E-state index in [1.807, 2.05) is 31.2 Å². The van der Waals surface area contributed by atoms with Crippen molar-refractivity contribution in [2.45, 2.75) is 19.1 Å². The van der Waals surface area contributed by atoms with Gasteiger partial charge in [0.05, 0.1) is 13.2 Å². The second-order valence-corrected chi connectivity index (χ2v) is 4.75. The van der Waals surface area contributed by atoms with E-state index in [1.54, 1.807) is 4.90 Å². The number of hydrogen-bond acceptors (Lipinski definition) is 4. The highest BCUT2D eigenvalue weighted by atomic mass is 16.6. The molecule has 2 aliphatic rings. The predicted molar refractivity (Wildman–Crippen MR) is 68.3 cm³/mol. The van der Waals surface area contributed by atoms with E-state index in [2.05, 4.69) is 0 Å². The van der Waals surface area contributed by atoms with Gasteiger partial charge in [-0.05, 0) is 19.1 Å². The molecule has 0 unspecified atom stereocenters. The summed E-state index contributed by atoms with van der Waals surface area (Å²) in [5, 5.41) is 0. The van der Waals surface area contributed by atoms with Crippen LogP contribution in [0.2, 0.25) is 0 Å². The third-order valence-corrected chi connectivity index (χ3v) is 3.41. The molecule has 0 aliphatic carbocycles. The van der Waals surface area contributed by atoms with Crippen LogP contribution in [0.1, 0.15) is 6.92 Å². The molecule has 0 N–H and O–H groups in total. The maximum absolute atomic E-state index is 12.4. The molecule has 1 aromatic rings. The van der Waals surface area contributed by atoms with Gasteiger partial charge in [-0.1, -0.05) is 12.1 Å². The number of morpholine rings is 1. The van der Waals surface area contributed by atoms with Gasteiger partial charge in [0.25, 0.3) is 5.91 Å². The second-order valence-electron chi connectivity index (χ2n) is 4.75. The first-order valence-corrected chi connectivity index (χ1v) is 6.54. The summed E-state index contributed by atoms with van der Waals surface area (Å²) >= 11 is 0. The fourth-order valence-corrected chi connectivity index (χ4v) is 2.35. The van der Waals surface area contributed by atoms with Gasteiger partial charge in [-0.2, -0.15) is 0 Å². The Bertz CT molecular complexity index is 470. The summed E-state index contributed by atoms with van der Waals surface area (Å²) < 4.78 is 16.8. The molecule has 1 saturated heterocycles. The molecular weight excluding hydrogens is 246 g/mol. The third-order valence-electron chi connectivity index (χ3n) is 3.41. The van der Waals surface area contributed by atoms with Crippen LogP contribution in [0.4, 0.5) is 0 Å². The van der Waals surface area contributed by atoms with Crippen LogP contribution in [-0.2, 0) is 9.53 Å². The lowest BCUT2D eigenvalue weighted by Crippen LogP contribution is -2.53. The SMILES string of the molecule is C[C@@H]1Oc2ccccc2O[C@H]1C(=O)N1CCOCC1. The number of para-hydroxylation sites is 2. The van der Waals surface area contributed by atoms with E-state index in [0.29, 0.717) is 37.8 Å². The highest BCUT2D eigenvalue weighted by Gasteiger charge is 2.37. The van der Waals surface area contributed by atoms with Gasteiger partial charge in [0.2, 0.25) is 6.10 Å². The molecule has 2 aliphatic heterocycles. The molecule has 1 aromatic carbocycles. The summed E-state index contributed by atoms with van der Waals surface area (Å²) in [5.41, 5.74) is 0. The van der Waals surface area contributed by atoms with Crippen LogP contribution in [0, 0.1) is 0 Å². The molecule has 0 radical (unpaired) electrons. The van der Waals surface area contributed by atoms with E-state index < -0.39 is 6.10 Å². The Morgan fingerprint density at radius 1 is 1.16 bits per heavy atom. The number of benzene rings is 1. The number of carbonyl (C=O) groups excluding carboxylic acids is 1. The molecule has 5 nitrogen and oxygen atoms in total. The first-order valence-electron chi connectivity index (χ1n) is 6.54. The zero-order chi connectivity index (χ0) is 13.2. The number of hydrogen-bond donors (Lipinski definition) is 0. The molecule has 1 amide bonds. The summed E-state index contributed by atoms with van der Waals surface area (Å²) in [5.74, 6) is 1.30. The fourth-order valence-electron chi connectivity index (χ4n) is 2.35. The van der Waals surface area contributed by atoms with Crippen LogP contribution in [-0.4, -0.2) is 49.3 Å². The molecule has 1 fully saturated rings. The summed E-state index contributed by atoms with van der Waals surface area (Å²) in [4.78, 5) is 14.2. The van der Waals surface area contributed by atoms with Crippen molar-refractivity contribution >= 4 is 5.91 Å². The Balaban J connectivity index is 1.76. The van der Waals surface area contributed by atoms with Crippen molar-refractivity contribution < 1.29 is 19.0 Å². The molecule has 19 heavy (non-hydrogen) atoms. The molecule has 2 heterocycles. The van der Waals surface area contributed by atoms with Gasteiger partial charge in [0.1, 0.15) is 6.10 Å². The largest absolute Gasteiger partial charge is 0.482 e. The highest BCUT2D eigenvalue weighted by molar-refractivity contribution is 5.82. The molecule has 0 saturated carbocycles. The van der Waals surface area contributed by atoms with Gasteiger partial charge in [-0.3, -0.25) is 4.79 Å². The molecule has 5 heteroatoms. The number of fused-ring (bicyclic) bond motifs is 1. The third kappa shape index (κ3) is 2.38. The van der Waals surface area contributed by atoms with Crippen molar-refractivity contribution in [3.05, 3.63) is 24.3 Å². The topological polar surface area (TPSA) is 48.0 Å². The fraction of sp³-hybridized carbons (Fsp3) is 0.500. The zero-order valence-electron chi connectivity index (χ0n) is 10.9. The van der Waals surface area contributed by atoms with E-state index >= 15 is 0 Å². The molecular formula is C14H17NO4. The van der Waals surface area contributed by atoms with E-state index in [0.717, 1.165) is 0 Å². The van der Waals surface area contributed by atoms with Crippen molar-refractivity contribution in [2.24, 2.45) is 0 Å². The molecule has 0 aromatic heterocycles. The minimum atomic E-state index is -0.576. The zero-order valence-corrected chi connectivity index (χ0v) is 10.9. The highest BCUT2D eigenvalue weighted by Crippen LogP contribution is 2.33.